The number of benzene rings is 2. The van der Waals surface area contributed by atoms with E-state index in [-0.39, 0.29) is 16.5 Å². The van der Waals surface area contributed by atoms with Crippen LogP contribution in [0.25, 0.3) is 0 Å². The second-order valence-corrected chi connectivity index (χ2v) is 6.35. The second kappa shape index (κ2) is 9.43. The highest BCUT2D eigenvalue weighted by Gasteiger charge is 2.20. The Labute approximate surface area is 165 Å². The van der Waals surface area contributed by atoms with Crippen LogP contribution in [0.15, 0.2) is 42.5 Å². The number of halogens is 3. The van der Waals surface area contributed by atoms with E-state index in [2.05, 4.69) is 10.9 Å². The van der Waals surface area contributed by atoms with E-state index < -0.39 is 29.8 Å². The van der Waals surface area contributed by atoms with Gasteiger partial charge < -0.3 is 9.47 Å². The van der Waals surface area contributed by atoms with Gasteiger partial charge in [0.2, 0.25) is 0 Å². The van der Waals surface area contributed by atoms with Crippen molar-refractivity contribution in [1.82, 2.24) is 10.9 Å². The van der Waals surface area contributed by atoms with Gasteiger partial charge in [0.1, 0.15) is 5.75 Å². The van der Waals surface area contributed by atoms with Gasteiger partial charge in [0.25, 0.3) is 11.8 Å². The van der Waals surface area contributed by atoms with Crippen LogP contribution in [-0.4, -0.2) is 24.0 Å². The van der Waals surface area contributed by atoms with Crippen LogP contribution in [0.3, 0.4) is 0 Å². The summed E-state index contributed by atoms with van der Waals surface area (Å²) in [5.41, 5.74) is 4.40. The molecule has 2 aromatic rings. The molecule has 0 radical (unpaired) electrons. The number of para-hydroxylation sites is 1. The van der Waals surface area contributed by atoms with E-state index in [4.69, 9.17) is 32.7 Å². The molecule has 2 atom stereocenters. The van der Waals surface area contributed by atoms with Crippen molar-refractivity contribution >= 4 is 35.0 Å². The van der Waals surface area contributed by atoms with E-state index in [1.807, 2.05) is 0 Å². The van der Waals surface area contributed by atoms with Gasteiger partial charge >= 0.3 is 0 Å². The third kappa shape index (κ3) is 6.01. The molecule has 0 saturated carbocycles. The number of amides is 2. The maximum atomic E-state index is 13.5. The molecule has 0 aliphatic carbocycles. The topological polar surface area (TPSA) is 76.7 Å². The van der Waals surface area contributed by atoms with Crippen LogP contribution in [0, 0.1) is 5.82 Å². The van der Waals surface area contributed by atoms with Gasteiger partial charge in [-0.15, -0.1) is 0 Å². The minimum atomic E-state index is -1.04. The first-order valence-corrected chi connectivity index (χ1v) is 8.66. The van der Waals surface area contributed by atoms with Crippen LogP contribution in [0.4, 0.5) is 4.39 Å². The van der Waals surface area contributed by atoms with Gasteiger partial charge in [-0.1, -0.05) is 35.3 Å². The number of rotatable bonds is 6. The van der Waals surface area contributed by atoms with E-state index >= 15 is 0 Å². The molecule has 0 bridgehead atoms. The predicted molar refractivity (Wildman–Crippen MR) is 99.3 cm³/mol. The first-order valence-electron chi connectivity index (χ1n) is 7.90. The standard InChI is InChI=1S/C18H17Cl2FN2O4/c1-10(26-15-8-7-12(19)9-13(15)20)17(24)22-23-18(25)11(2)27-16-6-4-3-5-14(16)21/h3-11H,1-2H3,(H,22,24)(H,23,25). The number of hydrogen-bond donors (Lipinski definition) is 2. The van der Waals surface area contributed by atoms with Crippen LogP contribution in [0.5, 0.6) is 11.5 Å². The third-order valence-electron chi connectivity index (χ3n) is 3.39. The van der Waals surface area contributed by atoms with Crippen LogP contribution in [-0.2, 0) is 9.59 Å². The maximum absolute atomic E-state index is 13.5. The Balaban J connectivity index is 1.84. The molecule has 0 heterocycles. The Morgan fingerprint density at radius 2 is 1.48 bits per heavy atom. The quantitative estimate of drug-likeness (QED) is 0.708. The molecule has 0 fully saturated rings. The summed E-state index contributed by atoms with van der Waals surface area (Å²) in [6.07, 6.45) is -1.99. The van der Waals surface area contributed by atoms with E-state index in [0.717, 1.165) is 0 Å². The summed E-state index contributed by atoms with van der Waals surface area (Å²) in [5.74, 6) is -1.68. The molecule has 0 aromatic heterocycles. The van der Waals surface area contributed by atoms with Gasteiger partial charge in [0.15, 0.2) is 23.8 Å². The number of nitrogens with one attached hydrogen (secondary N) is 2. The smallest absolute Gasteiger partial charge is 0.279 e. The lowest BCUT2D eigenvalue weighted by Gasteiger charge is -2.18. The van der Waals surface area contributed by atoms with Crippen LogP contribution < -0.4 is 20.3 Å². The van der Waals surface area contributed by atoms with Crippen molar-refractivity contribution in [3.63, 3.8) is 0 Å². The predicted octanol–water partition coefficient (Wildman–Crippen LogP) is 3.51. The lowest BCUT2D eigenvalue weighted by molar-refractivity contribution is -0.135. The third-order valence-corrected chi connectivity index (χ3v) is 3.92. The molecular formula is C18H17Cl2FN2O4. The number of hydrazine groups is 1. The molecule has 2 N–H and O–H groups in total. The summed E-state index contributed by atoms with van der Waals surface area (Å²) in [7, 11) is 0. The fraction of sp³-hybridized carbons (Fsp3) is 0.222. The van der Waals surface area contributed by atoms with Gasteiger partial charge in [-0.2, -0.15) is 0 Å². The average Bonchev–Trinajstić information content (AvgIpc) is 2.63. The fourth-order valence-electron chi connectivity index (χ4n) is 1.93. The SMILES string of the molecule is CC(Oc1ccccc1F)C(=O)NNC(=O)C(C)Oc1ccc(Cl)cc1Cl. The molecule has 2 amide bonds. The Bertz CT molecular complexity index is 835. The highest BCUT2D eigenvalue weighted by atomic mass is 35.5. The van der Waals surface area contributed by atoms with E-state index in [1.54, 1.807) is 12.1 Å². The zero-order valence-corrected chi connectivity index (χ0v) is 16.0. The summed E-state index contributed by atoms with van der Waals surface area (Å²) >= 11 is 11.8. The lowest BCUT2D eigenvalue weighted by Crippen LogP contribution is -2.50. The molecule has 6 nitrogen and oxygen atoms in total. The van der Waals surface area contributed by atoms with Gasteiger partial charge in [-0.25, -0.2) is 4.39 Å². The monoisotopic (exact) mass is 414 g/mol. The molecule has 2 aromatic carbocycles. The van der Waals surface area contributed by atoms with Crippen molar-refractivity contribution in [1.29, 1.82) is 0 Å². The van der Waals surface area contributed by atoms with Crippen molar-refractivity contribution < 1.29 is 23.5 Å². The summed E-state index contributed by atoms with van der Waals surface area (Å²) in [6.45, 7) is 2.90. The molecular weight excluding hydrogens is 398 g/mol. The van der Waals surface area contributed by atoms with E-state index in [0.29, 0.717) is 5.02 Å². The Morgan fingerprint density at radius 3 is 2.04 bits per heavy atom. The summed E-state index contributed by atoms with van der Waals surface area (Å²) < 4.78 is 24.2. The number of ether oxygens (including phenoxy) is 2. The highest BCUT2D eigenvalue weighted by Crippen LogP contribution is 2.28. The second-order valence-electron chi connectivity index (χ2n) is 5.50. The molecule has 2 unspecified atom stereocenters. The molecule has 9 heteroatoms. The number of carbonyl (C=O) groups excluding carboxylic acids is 2. The van der Waals surface area contributed by atoms with Gasteiger partial charge in [-0.05, 0) is 44.2 Å². The van der Waals surface area contributed by atoms with Crippen molar-refractivity contribution in [3.05, 3.63) is 58.3 Å². The summed E-state index contributed by atoms with van der Waals surface area (Å²) in [6, 6.07) is 10.3. The van der Waals surface area contributed by atoms with Crippen LogP contribution >= 0.6 is 23.2 Å². The van der Waals surface area contributed by atoms with Gasteiger partial charge in [0.05, 0.1) is 5.02 Å². The largest absolute Gasteiger partial charge is 0.479 e. The molecule has 27 heavy (non-hydrogen) atoms. The molecule has 0 aliphatic heterocycles. The minimum Gasteiger partial charge on any atom is -0.479 e. The zero-order valence-electron chi connectivity index (χ0n) is 14.5. The summed E-state index contributed by atoms with van der Waals surface area (Å²) in [5, 5.41) is 0.679. The van der Waals surface area contributed by atoms with Crippen molar-refractivity contribution in [2.75, 3.05) is 0 Å². The van der Waals surface area contributed by atoms with Gasteiger partial charge in [-0.3, -0.25) is 20.4 Å². The molecule has 144 valence electrons. The van der Waals surface area contributed by atoms with E-state index in [9.17, 15) is 14.0 Å². The highest BCUT2D eigenvalue weighted by molar-refractivity contribution is 6.35. The van der Waals surface area contributed by atoms with Crippen molar-refractivity contribution in [2.45, 2.75) is 26.1 Å². The van der Waals surface area contributed by atoms with Crippen molar-refractivity contribution in [2.24, 2.45) is 0 Å². The van der Waals surface area contributed by atoms with Crippen LogP contribution in [0.1, 0.15) is 13.8 Å². The number of hydrogen-bond acceptors (Lipinski definition) is 4. The zero-order chi connectivity index (χ0) is 20.0. The molecule has 0 aliphatic rings. The number of carbonyl (C=O) groups is 2. The molecule has 0 spiro atoms. The maximum Gasteiger partial charge on any atom is 0.279 e. The van der Waals surface area contributed by atoms with Crippen molar-refractivity contribution in [3.8, 4) is 11.5 Å². The molecule has 2 rings (SSSR count). The normalized spacial score (nSPS) is 12.6. The minimum absolute atomic E-state index is 0.0689. The Hall–Kier alpha value is -2.51. The average molecular weight is 415 g/mol. The lowest BCUT2D eigenvalue weighted by atomic mass is 10.3. The van der Waals surface area contributed by atoms with Gasteiger partial charge in [0, 0.05) is 5.02 Å². The fourth-order valence-corrected chi connectivity index (χ4v) is 2.38. The van der Waals surface area contributed by atoms with Crippen LogP contribution in [0.2, 0.25) is 10.0 Å². The summed E-state index contributed by atoms with van der Waals surface area (Å²) in [4.78, 5) is 24.0. The first-order chi connectivity index (χ1) is 12.8. The molecule has 0 saturated heterocycles. The first kappa shape index (κ1) is 20.8. The van der Waals surface area contributed by atoms with E-state index in [1.165, 1.54) is 44.2 Å². The Kier molecular flexibility index (Phi) is 7.27. The Morgan fingerprint density at radius 1 is 0.926 bits per heavy atom.